The second kappa shape index (κ2) is 11.8. The largest absolute Gasteiger partial charge is 0.496 e. The number of halogens is 1. The van der Waals surface area contributed by atoms with Gasteiger partial charge in [-0.25, -0.2) is 0 Å². The van der Waals surface area contributed by atoms with E-state index in [4.69, 9.17) is 21.1 Å². The van der Waals surface area contributed by atoms with Gasteiger partial charge >= 0.3 is 0 Å². The van der Waals surface area contributed by atoms with Gasteiger partial charge in [0.15, 0.2) is 0 Å². The highest BCUT2D eigenvalue weighted by Crippen LogP contribution is 2.25. The molecular weight excluding hydrogens is 486 g/mol. The van der Waals surface area contributed by atoms with E-state index < -0.39 is 0 Å². The standard InChI is InChI=1S/C30H30ClN3O3/c1-20-8-5-6-11-27(20)37-19-25-16-23(12-14-28(25)36-4)13-15-29(35)32-30-21(2)33-34(22(30)3)18-24-9-7-10-26(31)17-24/h5-17H,18-19H2,1-4H3,(H,32,35)/b15-13+. The first kappa shape index (κ1) is 26.0. The van der Waals surface area contributed by atoms with Gasteiger partial charge in [0, 0.05) is 16.7 Å². The van der Waals surface area contributed by atoms with Crippen LogP contribution in [0.1, 0.15) is 33.6 Å². The summed E-state index contributed by atoms with van der Waals surface area (Å²) in [6.45, 7) is 6.75. The van der Waals surface area contributed by atoms with Crippen molar-refractivity contribution >= 4 is 29.3 Å². The lowest BCUT2D eigenvalue weighted by atomic mass is 10.1. The first-order chi connectivity index (χ1) is 17.8. The fraction of sp³-hybridized carbons (Fsp3) is 0.200. The number of aryl methyl sites for hydroxylation is 2. The van der Waals surface area contributed by atoms with Crippen molar-refractivity contribution in [1.82, 2.24) is 9.78 Å². The summed E-state index contributed by atoms with van der Waals surface area (Å²) in [6, 6.07) is 21.3. The predicted octanol–water partition coefficient (Wildman–Crippen LogP) is 6.75. The molecule has 0 bridgehead atoms. The van der Waals surface area contributed by atoms with Crippen molar-refractivity contribution < 1.29 is 14.3 Å². The number of hydrogen-bond acceptors (Lipinski definition) is 4. The third kappa shape index (κ3) is 6.60. The Labute approximate surface area is 222 Å². The first-order valence-electron chi connectivity index (χ1n) is 12.0. The Balaban J connectivity index is 1.44. The second-order valence-corrected chi connectivity index (χ2v) is 9.22. The molecule has 0 atom stereocenters. The maximum Gasteiger partial charge on any atom is 0.248 e. The molecule has 0 saturated carbocycles. The van der Waals surface area contributed by atoms with Crippen LogP contribution < -0.4 is 14.8 Å². The number of benzene rings is 3. The maximum absolute atomic E-state index is 12.8. The van der Waals surface area contributed by atoms with E-state index in [1.165, 1.54) is 6.08 Å². The summed E-state index contributed by atoms with van der Waals surface area (Å²) in [7, 11) is 1.63. The molecule has 0 aliphatic carbocycles. The van der Waals surface area contributed by atoms with Gasteiger partial charge in [0.2, 0.25) is 5.91 Å². The number of carbonyl (C=O) groups is 1. The number of aromatic nitrogens is 2. The SMILES string of the molecule is COc1ccc(/C=C/C(=O)Nc2c(C)nn(Cc3cccc(Cl)c3)c2C)cc1COc1ccccc1C. The van der Waals surface area contributed by atoms with Crippen LogP contribution in [-0.2, 0) is 17.9 Å². The monoisotopic (exact) mass is 515 g/mol. The zero-order chi connectivity index (χ0) is 26.4. The molecule has 4 aromatic rings. The molecular formula is C30H30ClN3O3. The lowest BCUT2D eigenvalue weighted by Gasteiger charge is -2.12. The number of carbonyl (C=O) groups excluding carboxylic acids is 1. The van der Waals surface area contributed by atoms with Crippen molar-refractivity contribution in [3.63, 3.8) is 0 Å². The predicted molar refractivity (Wildman–Crippen MR) is 148 cm³/mol. The molecule has 0 radical (unpaired) electrons. The van der Waals surface area contributed by atoms with Crippen LogP contribution in [0, 0.1) is 20.8 Å². The first-order valence-corrected chi connectivity index (χ1v) is 12.3. The summed E-state index contributed by atoms with van der Waals surface area (Å²) in [6.07, 6.45) is 3.29. The molecule has 0 fully saturated rings. The van der Waals surface area contributed by atoms with Crippen LogP contribution in [0.25, 0.3) is 6.08 Å². The zero-order valence-electron chi connectivity index (χ0n) is 21.4. The molecule has 0 saturated heterocycles. The molecule has 1 amide bonds. The number of nitrogens with zero attached hydrogens (tertiary/aromatic N) is 2. The van der Waals surface area contributed by atoms with E-state index in [9.17, 15) is 4.79 Å². The molecule has 0 aliphatic rings. The number of anilines is 1. The number of amides is 1. The Bertz CT molecular complexity index is 1440. The number of rotatable bonds is 9. The van der Waals surface area contributed by atoms with Crippen LogP contribution in [0.15, 0.2) is 72.8 Å². The zero-order valence-corrected chi connectivity index (χ0v) is 22.2. The van der Waals surface area contributed by atoms with Crippen LogP contribution in [0.2, 0.25) is 5.02 Å². The number of para-hydroxylation sites is 1. The molecule has 0 unspecified atom stereocenters. The number of hydrogen-bond donors (Lipinski definition) is 1. The molecule has 1 heterocycles. The quantitative estimate of drug-likeness (QED) is 0.250. The van der Waals surface area contributed by atoms with E-state index >= 15 is 0 Å². The van der Waals surface area contributed by atoms with E-state index in [0.717, 1.165) is 45.1 Å². The van der Waals surface area contributed by atoms with Crippen molar-refractivity contribution in [2.75, 3.05) is 12.4 Å². The molecule has 4 rings (SSSR count). The average Bonchev–Trinajstić information content (AvgIpc) is 3.14. The summed E-state index contributed by atoms with van der Waals surface area (Å²) in [5.74, 6) is 1.32. The smallest absolute Gasteiger partial charge is 0.248 e. The van der Waals surface area contributed by atoms with E-state index in [1.807, 2.05) is 92.2 Å². The van der Waals surface area contributed by atoms with E-state index in [-0.39, 0.29) is 5.91 Å². The van der Waals surface area contributed by atoms with Crippen molar-refractivity contribution in [2.45, 2.75) is 33.9 Å². The molecule has 37 heavy (non-hydrogen) atoms. The average molecular weight is 516 g/mol. The van der Waals surface area contributed by atoms with Gasteiger partial charge in [-0.2, -0.15) is 5.10 Å². The van der Waals surface area contributed by atoms with E-state index in [2.05, 4.69) is 10.4 Å². The summed E-state index contributed by atoms with van der Waals surface area (Å²) in [5.41, 5.74) is 6.19. The van der Waals surface area contributed by atoms with Crippen molar-refractivity contribution in [2.24, 2.45) is 0 Å². The van der Waals surface area contributed by atoms with Gasteiger partial charge < -0.3 is 14.8 Å². The van der Waals surface area contributed by atoms with Gasteiger partial charge in [0.1, 0.15) is 18.1 Å². The third-order valence-electron chi connectivity index (χ3n) is 6.06. The minimum absolute atomic E-state index is 0.234. The highest BCUT2D eigenvalue weighted by atomic mass is 35.5. The second-order valence-electron chi connectivity index (χ2n) is 8.78. The Morgan fingerprint density at radius 3 is 2.59 bits per heavy atom. The van der Waals surface area contributed by atoms with E-state index in [0.29, 0.717) is 23.9 Å². The van der Waals surface area contributed by atoms with Crippen LogP contribution in [0.5, 0.6) is 11.5 Å². The molecule has 1 aromatic heterocycles. The number of nitrogens with one attached hydrogen (secondary N) is 1. The van der Waals surface area contributed by atoms with Gasteiger partial charge in [-0.1, -0.05) is 48.0 Å². The molecule has 3 aromatic carbocycles. The molecule has 0 aliphatic heterocycles. The number of ether oxygens (including phenoxy) is 2. The number of methoxy groups -OCH3 is 1. The summed E-state index contributed by atoms with van der Waals surface area (Å²) in [4.78, 5) is 12.8. The highest BCUT2D eigenvalue weighted by molar-refractivity contribution is 6.30. The molecule has 190 valence electrons. The third-order valence-corrected chi connectivity index (χ3v) is 6.29. The normalized spacial score (nSPS) is 11.1. The van der Waals surface area contributed by atoms with Crippen molar-refractivity contribution in [3.8, 4) is 11.5 Å². The van der Waals surface area contributed by atoms with Crippen LogP contribution in [0.3, 0.4) is 0 Å². The Hall–Kier alpha value is -4.03. The highest BCUT2D eigenvalue weighted by Gasteiger charge is 2.14. The van der Waals surface area contributed by atoms with Crippen molar-refractivity contribution in [1.29, 1.82) is 0 Å². The minimum Gasteiger partial charge on any atom is -0.496 e. The summed E-state index contributed by atoms with van der Waals surface area (Å²) in [5, 5.41) is 8.25. The molecule has 7 heteroatoms. The topological polar surface area (TPSA) is 65.4 Å². The molecule has 6 nitrogen and oxygen atoms in total. The lowest BCUT2D eigenvalue weighted by Crippen LogP contribution is -2.10. The Morgan fingerprint density at radius 2 is 1.84 bits per heavy atom. The van der Waals surface area contributed by atoms with Gasteiger partial charge in [0.25, 0.3) is 0 Å². The molecule has 1 N–H and O–H groups in total. The van der Waals surface area contributed by atoms with Gasteiger partial charge in [0.05, 0.1) is 30.7 Å². The minimum atomic E-state index is -0.234. The fourth-order valence-corrected chi connectivity index (χ4v) is 4.28. The van der Waals surface area contributed by atoms with Crippen LogP contribution >= 0.6 is 11.6 Å². The Kier molecular flexibility index (Phi) is 8.31. The van der Waals surface area contributed by atoms with Crippen LogP contribution in [0.4, 0.5) is 5.69 Å². The lowest BCUT2D eigenvalue weighted by molar-refractivity contribution is -0.111. The van der Waals surface area contributed by atoms with Gasteiger partial charge in [-0.3, -0.25) is 9.48 Å². The Morgan fingerprint density at radius 1 is 1.03 bits per heavy atom. The van der Waals surface area contributed by atoms with Gasteiger partial charge in [-0.15, -0.1) is 0 Å². The van der Waals surface area contributed by atoms with E-state index in [1.54, 1.807) is 13.2 Å². The molecule has 0 spiro atoms. The summed E-state index contributed by atoms with van der Waals surface area (Å²) >= 11 is 6.11. The van der Waals surface area contributed by atoms with Crippen LogP contribution in [-0.4, -0.2) is 22.8 Å². The summed E-state index contributed by atoms with van der Waals surface area (Å²) < 4.78 is 13.4. The fourth-order valence-electron chi connectivity index (χ4n) is 4.07. The van der Waals surface area contributed by atoms with Gasteiger partial charge in [-0.05, 0) is 73.9 Å². The van der Waals surface area contributed by atoms with Crippen molar-refractivity contribution in [3.05, 3.63) is 111 Å². The maximum atomic E-state index is 12.8.